The average Bonchev–Trinajstić information content (AvgIpc) is 2.59. The number of carbonyl (C=O) groups is 1. The number of amides is 1. The van der Waals surface area contributed by atoms with Gasteiger partial charge in [0.1, 0.15) is 17.7 Å². The number of hydrogen-bond acceptors (Lipinski definition) is 3. The van der Waals surface area contributed by atoms with Crippen LogP contribution in [-0.4, -0.2) is 21.3 Å². The number of aliphatic hydroxyl groups is 1. The molecule has 5 nitrogen and oxygen atoms in total. The fourth-order valence-electron chi connectivity index (χ4n) is 2.93. The zero-order chi connectivity index (χ0) is 18.8. The molecule has 1 unspecified atom stereocenters. The van der Waals surface area contributed by atoms with Gasteiger partial charge in [-0.15, -0.1) is 0 Å². The van der Waals surface area contributed by atoms with Crippen LogP contribution in [0.4, 0.5) is 13.6 Å². The SMILES string of the molecule is C[C@H](NC(=O)O)c1cc(F)c(C(O)c2cccc3cnccc23)c(F)c1. The van der Waals surface area contributed by atoms with Crippen molar-refractivity contribution in [3.05, 3.63) is 77.1 Å². The van der Waals surface area contributed by atoms with E-state index in [-0.39, 0.29) is 5.56 Å². The summed E-state index contributed by atoms with van der Waals surface area (Å²) in [5.74, 6) is -1.89. The zero-order valence-corrected chi connectivity index (χ0v) is 13.8. The highest BCUT2D eigenvalue weighted by Gasteiger charge is 2.23. The Morgan fingerprint density at radius 2 is 1.88 bits per heavy atom. The quantitative estimate of drug-likeness (QED) is 0.660. The van der Waals surface area contributed by atoms with Crippen LogP contribution in [0.15, 0.2) is 48.8 Å². The summed E-state index contributed by atoms with van der Waals surface area (Å²) in [5, 5.41) is 22.9. The highest BCUT2D eigenvalue weighted by Crippen LogP contribution is 2.32. The Bertz CT molecular complexity index is 950. The number of halogens is 2. The fourth-order valence-corrected chi connectivity index (χ4v) is 2.93. The Kier molecular flexibility index (Phi) is 4.81. The largest absolute Gasteiger partial charge is 0.465 e. The number of aliphatic hydroxyl groups excluding tert-OH is 1. The van der Waals surface area contributed by atoms with Gasteiger partial charge in [-0.2, -0.15) is 0 Å². The molecule has 1 amide bonds. The first kappa shape index (κ1) is 17.8. The fraction of sp³-hybridized carbons (Fsp3) is 0.158. The molecule has 26 heavy (non-hydrogen) atoms. The van der Waals surface area contributed by atoms with E-state index in [0.29, 0.717) is 10.9 Å². The van der Waals surface area contributed by atoms with Crippen LogP contribution in [0, 0.1) is 11.6 Å². The summed E-state index contributed by atoms with van der Waals surface area (Å²) in [6, 6.07) is 7.96. The molecule has 3 N–H and O–H groups in total. The first-order valence-corrected chi connectivity index (χ1v) is 7.87. The molecule has 3 rings (SSSR count). The van der Waals surface area contributed by atoms with Gasteiger partial charge in [-0.25, -0.2) is 13.6 Å². The molecule has 0 spiro atoms. The summed E-state index contributed by atoms with van der Waals surface area (Å²) in [7, 11) is 0. The predicted octanol–water partition coefficient (Wildman–Crippen LogP) is 3.92. The maximum Gasteiger partial charge on any atom is 0.405 e. The van der Waals surface area contributed by atoms with Crippen LogP contribution in [0.2, 0.25) is 0 Å². The molecular formula is C19H16F2N2O3. The van der Waals surface area contributed by atoms with E-state index in [9.17, 15) is 18.7 Å². The number of pyridine rings is 1. The minimum Gasteiger partial charge on any atom is -0.465 e. The van der Waals surface area contributed by atoms with Crippen LogP contribution in [0.3, 0.4) is 0 Å². The third-order valence-corrected chi connectivity index (χ3v) is 4.22. The lowest BCUT2D eigenvalue weighted by molar-refractivity contribution is 0.190. The topological polar surface area (TPSA) is 82.5 Å². The van der Waals surface area contributed by atoms with Crippen LogP contribution in [0.1, 0.15) is 35.8 Å². The van der Waals surface area contributed by atoms with Gasteiger partial charge < -0.3 is 15.5 Å². The van der Waals surface area contributed by atoms with Gasteiger partial charge >= 0.3 is 6.09 Å². The molecule has 2 atom stereocenters. The lowest BCUT2D eigenvalue weighted by atomic mass is 9.94. The summed E-state index contributed by atoms with van der Waals surface area (Å²) in [4.78, 5) is 14.7. The molecule has 1 aromatic heterocycles. The lowest BCUT2D eigenvalue weighted by Crippen LogP contribution is -2.24. The van der Waals surface area contributed by atoms with Gasteiger partial charge in [-0.1, -0.05) is 18.2 Å². The molecule has 0 saturated carbocycles. The van der Waals surface area contributed by atoms with E-state index in [1.54, 1.807) is 30.5 Å². The summed E-state index contributed by atoms with van der Waals surface area (Å²) >= 11 is 0. The van der Waals surface area contributed by atoms with Crippen molar-refractivity contribution in [2.75, 3.05) is 0 Å². The molecule has 2 aromatic carbocycles. The molecule has 0 saturated heterocycles. The van der Waals surface area contributed by atoms with Gasteiger partial charge in [0.2, 0.25) is 0 Å². The van der Waals surface area contributed by atoms with Gasteiger partial charge in [-0.05, 0) is 41.6 Å². The van der Waals surface area contributed by atoms with Crippen molar-refractivity contribution < 1.29 is 23.8 Å². The Balaban J connectivity index is 2.04. The van der Waals surface area contributed by atoms with E-state index in [4.69, 9.17) is 5.11 Å². The second-order valence-corrected chi connectivity index (χ2v) is 5.92. The third-order valence-electron chi connectivity index (χ3n) is 4.22. The number of nitrogens with one attached hydrogen (secondary N) is 1. The summed E-state index contributed by atoms with van der Waals surface area (Å²) in [6.45, 7) is 1.47. The van der Waals surface area contributed by atoms with Gasteiger partial charge in [0.05, 0.1) is 11.6 Å². The summed E-state index contributed by atoms with van der Waals surface area (Å²) in [6.07, 6.45) is 0.318. The van der Waals surface area contributed by atoms with Crippen molar-refractivity contribution in [3.8, 4) is 0 Å². The monoisotopic (exact) mass is 358 g/mol. The van der Waals surface area contributed by atoms with Gasteiger partial charge in [-0.3, -0.25) is 4.98 Å². The maximum atomic E-state index is 14.6. The molecule has 7 heteroatoms. The molecule has 134 valence electrons. The van der Waals surface area contributed by atoms with Crippen LogP contribution >= 0.6 is 0 Å². The van der Waals surface area contributed by atoms with E-state index < -0.39 is 35.4 Å². The highest BCUT2D eigenvalue weighted by atomic mass is 19.1. The molecule has 0 aliphatic heterocycles. The number of rotatable bonds is 4. The Morgan fingerprint density at radius 1 is 1.19 bits per heavy atom. The van der Waals surface area contributed by atoms with Gasteiger partial charge in [0.25, 0.3) is 0 Å². The van der Waals surface area contributed by atoms with Crippen LogP contribution in [0.5, 0.6) is 0 Å². The molecule has 1 heterocycles. The van der Waals surface area contributed by atoms with Crippen molar-refractivity contribution in [1.82, 2.24) is 10.3 Å². The van der Waals surface area contributed by atoms with E-state index in [1.165, 1.54) is 13.1 Å². The molecular weight excluding hydrogens is 342 g/mol. The number of aromatic nitrogens is 1. The standard InChI is InChI=1S/C19H16F2N2O3/c1-10(23-19(25)26)12-7-15(20)17(16(21)8-12)18(24)14-4-2-3-11-9-22-6-5-13(11)14/h2-10,18,23-24H,1H3,(H,25,26)/t10-,18?/m0/s1. The van der Waals surface area contributed by atoms with E-state index in [0.717, 1.165) is 17.5 Å². The zero-order valence-electron chi connectivity index (χ0n) is 13.8. The van der Waals surface area contributed by atoms with Crippen LogP contribution in [0.25, 0.3) is 10.8 Å². The Hall–Kier alpha value is -3.06. The Morgan fingerprint density at radius 3 is 2.54 bits per heavy atom. The molecule has 0 fully saturated rings. The smallest absolute Gasteiger partial charge is 0.405 e. The van der Waals surface area contributed by atoms with Gasteiger partial charge in [0.15, 0.2) is 0 Å². The van der Waals surface area contributed by atoms with Gasteiger partial charge in [0, 0.05) is 17.8 Å². The van der Waals surface area contributed by atoms with Crippen molar-refractivity contribution in [2.24, 2.45) is 0 Å². The third kappa shape index (κ3) is 3.34. The first-order valence-electron chi connectivity index (χ1n) is 7.87. The number of carboxylic acid groups (broad SMARTS) is 1. The second kappa shape index (κ2) is 7.05. The van der Waals surface area contributed by atoms with Crippen molar-refractivity contribution in [1.29, 1.82) is 0 Å². The maximum absolute atomic E-state index is 14.6. The molecule has 0 radical (unpaired) electrons. The molecule has 0 bridgehead atoms. The first-order chi connectivity index (χ1) is 12.4. The van der Waals surface area contributed by atoms with E-state index in [2.05, 4.69) is 10.3 Å². The van der Waals surface area contributed by atoms with Crippen molar-refractivity contribution in [2.45, 2.75) is 19.1 Å². The number of nitrogens with zero attached hydrogens (tertiary/aromatic N) is 1. The Labute approximate surface area is 147 Å². The normalized spacial score (nSPS) is 13.4. The van der Waals surface area contributed by atoms with Crippen LogP contribution in [-0.2, 0) is 0 Å². The summed E-state index contributed by atoms with van der Waals surface area (Å²) < 4.78 is 29.1. The summed E-state index contributed by atoms with van der Waals surface area (Å²) in [5.41, 5.74) is -0.00628. The molecule has 0 aliphatic carbocycles. The lowest BCUT2D eigenvalue weighted by Gasteiger charge is -2.18. The average molecular weight is 358 g/mol. The number of benzene rings is 2. The van der Waals surface area contributed by atoms with E-state index >= 15 is 0 Å². The number of hydrogen-bond donors (Lipinski definition) is 3. The molecule has 0 aliphatic rings. The minimum absolute atomic E-state index is 0.125. The van der Waals surface area contributed by atoms with Crippen molar-refractivity contribution >= 4 is 16.9 Å². The number of fused-ring (bicyclic) bond motifs is 1. The highest BCUT2D eigenvalue weighted by molar-refractivity contribution is 5.85. The predicted molar refractivity (Wildman–Crippen MR) is 91.7 cm³/mol. The van der Waals surface area contributed by atoms with Crippen molar-refractivity contribution in [3.63, 3.8) is 0 Å². The van der Waals surface area contributed by atoms with Crippen LogP contribution < -0.4 is 5.32 Å². The van der Waals surface area contributed by atoms with E-state index in [1.807, 2.05) is 0 Å². The molecule has 3 aromatic rings. The second-order valence-electron chi connectivity index (χ2n) is 5.92. The minimum atomic E-state index is -1.52.